The van der Waals surface area contributed by atoms with Crippen LogP contribution in [0.25, 0.3) is 0 Å². The molecule has 7 nitrogen and oxygen atoms in total. The van der Waals surface area contributed by atoms with E-state index < -0.39 is 5.60 Å². The fourth-order valence-electron chi connectivity index (χ4n) is 5.15. The molecule has 1 aliphatic carbocycles. The predicted molar refractivity (Wildman–Crippen MR) is 139 cm³/mol. The number of carbonyl (C=O) groups is 2. The first kappa shape index (κ1) is 27.3. The number of ether oxygens (including phenoxy) is 2. The van der Waals surface area contributed by atoms with E-state index in [1.807, 2.05) is 25.7 Å². The Bertz CT molecular complexity index is 851. The normalized spacial score (nSPS) is 18.9. The zero-order valence-electron chi connectivity index (χ0n) is 22.5. The summed E-state index contributed by atoms with van der Waals surface area (Å²) in [6.07, 6.45) is 6.65. The minimum Gasteiger partial charge on any atom is -0.497 e. The van der Waals surface area contributed by atoms with Crippen molar-refractivity contribution >= 4 is 12.0 Å². The summed E-state index contributed by atoms with van der Waals surface area (Å²) in [6.45, 7) is 12.3. The van der Waals surface area contributed by atoms with Crippen LogP contribution >= 0.6 is 0 Å². The zero-order valence-corrected chi connectivity index (χ0v) is 22.5. The summed E-state index contributed by atoms with van der Waals surface area (Å²) in [6, 6.07) is 7.06. The number of hydrogen-bond acceptors (Lipinski definition) is 5. The average Bonchev–Trinajstić information content (AvgIpc) is 3.00. The molecule has 1 aromatic carbocycles. The number of fused-ring (bicyclic) bond motifs is 1. The van der Waals surface area contributed by atoms with Gasteiger partial charge in [0, 0.05) is 38.6 Å². The summed E-state index contributed by atoms with van der Waals surface area (Å²) >= 11 is 0. The summed E-state index contributed by atoms with van der Waals surface area (Å²) in [5.74, 6) is 1.08. The van der Waals surface area contributed by atoms with Crippen molar-refractivity contribution in [3.63, 3.8) is 0 Å². The van der Waals surface area contributed by atoms with Gasteiger partial charge < -0.3 is 24.2 Å². The van der Waals surface area contributed by atoms with Crippen molar-refractivity contribution in [2.75, 3.05) is 46.4 Å². The van der Waals surface area contributed by atoms with Gasteiger partial charge in [-0.05, 0) is 95.6 Å². The molecule has 0 aromatic heterocycles. The van der Waals surface area contributed by atoms with Crippen LogP contribution < -0.4 is 4.74 Å². The second kappa shape index (κ2) is 12.6. The number of amides is 2. The van der Waals surface area contributed by atoms with Crippen molar-refractivity contribution in [3.8, 4) is 5.75 Å². The first-order chi connectivity index (χ1) is 16.7. The Morgan fingerprint density at radius 2 is 1.89 bits per heavy atom. The second-order valence-corrected chi connectivity index (χ2v) is 10.9. The molecule has 1 unspecified atom stereocenters. The summed E-state index contributed by atoms with van der Waals surface area (Å²) < 4.78 is 10.9. The third kappa shape index (κ3) is 8.13. The molecule has 7 heteroatoms. The van der Waals surface area contributed by atoms with Crippen molar-refractivity contribution < 1.29 is 19.1 Å². The Morgan fingerprint density at radius 1 is 1.09 bits per heavy atom. The van der Waals surface area contributed by atoms with Gasteiger partial charge in [0.2, 0.25) is 5.91 Å². The van der Waals surface area contributed by atoms with Crippen molar-refractivity contribution in [2.24, 2.45) is 0 Å². The summed E-state index contributed by atoms with van der Waals surface area (Å²) in [4.78, 5) is 31.3. The van der Waals surface area contributed by atoms with E-state index in [4.69, 9.17) is 9.47 Å². The first-order valence-corrected chi connectivity index (χ1v) is 13.4. The maximum atomic E-state index is 12.6. The summed E-state index contributed by atoms with van der Waals surface area (Å²) in [5, 5.41) is 0. The Kier molecular flexibility index (Phi) is 9.84. The third-order valence-corrected chi connectivity index (χ3v) is 7.01. The van der Waals surface area contributed by atoms with Crippen molar-refractivity contribution in [3.05, 3.63) is 29.3 Å². The van der Waals surface area contributed by atoms with Crippen LogP contribution in [0.3, 0.4) is 0 Å². The average molecular weight is 488 g/mol. The van der Waals surface area contributed by atoms with Gasteiger partial charge in [-0.15, -0.1) is 0 Å². The molecule has 0 saturated carbocycles. The lowest BCUT2D eigenvalue weighted by atomic mass is 9.87. The molecule has 2 amide bonds. The van der Waals surface area contributed by atoms with Crippen molar-refractivity contribution in [1.29, 1.82) is 0 Å². The van der Waals surface area contributed by atoms with E-state index in [1.54, 1.807) is 12.0 Å². The Labute approximate surface area is 211 Å². The Balaban J connectivity index is 1.46. The minimum atomic E-state index is -0.524. The molecule has 3 rings (SSSR count). The number of benzene rings is 1. The van der Waals surface area contributed by atoms with E-state index in [0.29, 0.717) is 32.1 Å². The van der Waals surface area contributed by atoms with Crippen LogP contribution in [0.5, 0.6) is 5.75 Å². The molecular weight excluding hydrogens is 442 g/mol. The van der Waals surface area contributed by atoms with Crippen molar-refractivity contribution in [2.45, 2.75) is 84.3 Å². The molecule has 1 heterocycles. The van der Waals surface area contributed by atoms with Gasteiger partial charge in [-0.2, -0.15) is 0 Å². The lowest BCUT2D eigenvalue weighted by Crippen LogP contribution is -2.41. The molecule has 0 N–H and O–H groups in total. The van der Waals surface area contributed by atoms with Gasteiger partial charge in [0.05, 0.1) is 7.11 Å². The van der Waals surface area contributed by atoms with Crippen LogP contribution in [0.15, 0.2) is 18.2 Å². The molecule has 0 spiro atoms. The smallest absolute Gasteiger partial charge is 0.410 e. The number of aryl methyl sites for hydroxylation is 1. The van der Waals surface area contributed by atoms with E-state index in [9.17, 15) is 9.59 Å². The molecule has 1 atom stereocenters. The van der Waals surface area contributed by atoms with Gasteiger partial charge in [0.1, 0.15) is 11.4 Å². The van der Waals surface area contributed by atoms with Crippen LogP contribution in [0.2, 0.25) is 0 Å². The monoisotopic (exact) mass is 487 g/mol. The fourth-order valence-corrected chi connectivity index (χ4v) is 5.15. The van der Waals surface area contributed by atoms with Gasteiger partial charge in [-0.3, -0.25) is 4.79 Å². The Morgan fingerprint density at radius 3 is 2.60 bits per heavy atom. The molecule has 1 aromatic rings. The molecule has 0 radical (unpaired) electrons. The summed E-state index contributed by atoms with van der Waals surface area (Å²) in [7, 11) is 1.73. The molecule has 196 valence electrons. The Hall–Kier alpha value is -2.28. The maximum absolute atomic E-state index is 12.6. The predicted octanol–water partition coefficient (Wildman–Crippen LogP) is 4.51. The third-order valence-electron chi connectivity index (χ3n) is 7.01. The van der Waals surface area contributed by atoms with E-state index in [2.05, 4.69) is 30.0 Å². The quantitative estimate of drug-likeness (QED) is 0.480. The minimum absolute atomic E-state index is 0.138. The fraction of sp³-hybridized carbons (Fsp3) is 0.714. The van der Waals surface area contributed by atoms with Gasteiger partial charge in [-0.1, -0.05) is 13.0 Å². The summed E-state index contributed by atoms with van der Waals surface area (Å²) in [5.41, 5.74) is 2.36. The molecular formula is C28H45N3O4. The van der Waals surface area contributed by atoms with Gasteiger partial charge >= 0.3 is 6.09 Å². The topological polar surface area (TPSA) is 62.3 Å². The molecule has 2 aliphatic rings. The standard InChI is InChI=1S/C28H45N3O4/c1-6-14-29(24-11-9-22-10-12-25(34-5)21-23(22)20-24)15-7-8-16-30-18-19-31(17-13-26(30)32)27(33)35-28(2,3)4/h10,12,21,24H,6-9,11,13-20H2,1-5H3. The molecule has 35 heavy (non-hydrogen) atoms. The largest absolute Gasteiger partial charge is 0.497 e. The second-order valence-electron chi connectivity index (χ2n) is 10.9. The molecule has 0 bridgehead atoms. The van der Waals surface area contributed by atoms with Crippen LogP contribution in [-0.4, -0.2) is 84.7 Å². The molecule has 1 fully saturated rings. The van der Waals surface area contributed by atoms with E-state index in [0.717, 1.165) is 57.5 Å². The zero-order chi connectivity index (χ0) is 25.4. The lowest BCUT2D eigenvalue weighted by molar-refractivity contribution is -0.130. The van der Waals surface area contributed by atoms with Gasteiger partial charge in [-0.25, -0.2) is 4.79 Å². The van der Waals surface area contributed by atoms with Crippen LogP contribution in [0.4, 0.5) is 4.79 Å². The SMILES string of the molecule is CCCN(CCCCN1CCN(C(=O)OC(C)(C)C)CCC1=O)C1CCc2ccc(OC)cc2C1. The highest BCUT2D eigenvalue weighted by atomic mass is 16.6. The molecule has 1 saturated heterocycles. The van der Waals surface area contributed by atoms with E-state index in [-0.39, 0.29) is 12.0 Å². The number of hydrogen-bond donors (Lipinski definition) is 0. The highest BCUT2D eigenvalue weighted by Crippen LogP contribution is 2.28. The van der Waals surface area contributed by atoms with Crippen LogP contribution in [0, 0.1) is 0 Å². The van der Waals surface area contributed by atoms with Gasteiger partial charge in [0.15, 0.2) is 0 Å². The number of nitrogens with zero attached hydrogens (tertiary/aromatic N) is 3. The van der Waals surface area contributed by atoms with Crippen LogP contribution in [-0.2, 0) is 22.4 Å². The van der Waals surface area contributed by atoms with Gasteiger partial charge in [0.25, 0.3) is 0 Å². The first-order valence-electron chi connectivity index (χ1n) is 13.4. The van der Waals surface area contributed by atoms with E-state index >= 15 is 0 Å². The maximum Gasteiger partial charge on any atom is 0.410 e. The number of rotatable bonds is 9. The van der Waals surface area contributed by atoms with Crippen molar-refractivity contribution in [1.82, 2.24) is 14.7 Å². The molecule has 1 aliphatic heterocycles. The number of carbonyl (C=O) groups excluding carboxylic acids is 2. The number of methoxy groups -OCH3 is 1. The highest BCUT2D eigenvalue weighted by Gasteiger charge is 2.28. The highest BCUT2D eigenvalue weighted by molar-refractivity contribution is 5.78. The van der Waals surface area contributed by atoms with Crippen LogP contribution in [0.1, 0.15) is 70.9 Å². The lowest BCUT2D eigenvalue weighted by Gasteiger charge is -2.35. The van der Waals surface area contributed by atoms with E-state index in [1.165, 1.54) is 17.5 Å². The number of unbranched alkanes of at least 4 members (excludes halogenated alkanes) is 1.